The quantitative estimate of drug-likeness (QED) is 0.113. The molecular formula is C37H41Cl3N2O19. The number of nitrogens with one attached hydrogen (secondary N) is 1. The maximum atomic E-state index is 13.5. The van der Waals surface area contributed by atoms with E-state index in [-0.39, 0.29) is 11.5 Å². The number of hydrogen-bond donors (Lipinski definition) is 2. The second-order valence-corrected chi connectivity index (χ2v) is 15.4. The van der Waals surface area contributed by atoms with Gasteiger partial charge in [-0.05, 0) is 36.4 Å². The number of nitrogens with two attached hydrogens (primary N) is 1. The summed E-state index contributed by atoms with van der Waals surface area (Å²) in [5, 5.41) is 2.36. The number of para-hydroxylation sites is 1. The Labute approximate surface area is 362 Å². The van der Waals surface area contributed by atoms with E-state index in [9.17, 15) is 33.6 Å². The molecule has 2 aliphatic heterocycles. The molecule has 4 rings (SSSR count). The van der Waals surface area contributed by atoms with Crippen LogP contribution in [0.1, 0.15) is 27.7 Å². The molecule has 2 aromatic rings. The molecule has 0 radical (unpaired) electrons. The molecule has 2 aromatic carbocycles. The van der Waals surface area contributed by atoms with E-state index in [0.717, 1.165) is 27.7 Å². The second-order valence-electron chi connectivity index (χ2n) is 12.9. The zero-order valence-electron chi connectivity index (χ0n) is 32.9. The Hall–Kier alpha value is -5.32. The van der Waals surface area contributed by atoms with Crippen molar-refractivity contribution in [2.75, 3.05) is 20.3 Å². The van der Waals surface area contributed by atoms with Crippen LogP contribution in [0.15, 0.2) is 54.6 Å². The van der Waals surface area contributed by atoms with Crippen LogP contribution >= 0.6 is 34.8 Å². The summed E-state index contributed by atoms with van der Waals surface area (Å²) >= 11 is 17.3. The third-order valence-electron chi connectivity index (χ3n) is 8.21. The summed E-state index contributed by atoms with van der Waals surface area (Å²) in [7, 11) is 1.42. The predicted octanol–water partition coefficient (Wildman–Crippen LogP) is 2.80. The van der Waals surface area contributed by atoms with E-state index in [1.807, 2.05) is 0 Å². The van der Waals surface area contributed by atoms with Gasteiger partial charge in [0.25, 0.3) is 5.91 Å². The molecule has 5 unspecified atom stereocenters. The van der Waals surface area contributed by atoms with E-state index < -0.39 is 120 Å². The topological polar surface area (TPSA) is 268 Å². The fourth-order valence-electron chi connectivity index (χ4n) is 5.89. The Morgan fingerprint density at radius 3 is 1.82 bits per heavy atom. The van der Waals surface area contributed by atoms with Crippen LogP contribution in [-0.4, -0.2) is 127 Å². The number of primary amides is 1. The van der Waals surface area contributed by atoms with Crippen molar-refractivity contribution in [1.82, 2.24) is 5.32 Å². The molecule has 24 heteroatoms. The highest BCUT2D eigenvalue weighted by Crippen LogP contribution is 2.36. The molecule has 2 aliphatic rings. The van der Waals surface area contributed by atoms with Crippen molar-refractivity contribution < 1.29 is 90.4 Å². The summed E-state index contributed by atoms with van der Waals surface area (Å²) in [6.45, 7) is 2.54. The zero-order valence-corrected chi connectivity index (χ0v) is 35.1. The lowest BCUT2D eigenvalue weighted by molar-refractivity contribution is -0.339. The highest BCUT2D eigenvalue weighted by atomic mass is 35.6. The number of carbonyl (C=O) groups is 7. The van der Waals surface area contributed by atoms with Gasteiger partial charge in [0.15, 0.2) is 42.9 Å². The van der Waals surface area contributed by atoms with Gasteiger partial charge >= 0.3 is 36.1 Å². The molecule has 21 nitrogen and oxygen atoms in total. The van der Waals surface area contributed by atoms with Crippen LogP contribution in [0, 0.1) is 0 Å². The van der Waals surface area contributed by atoms with E-state index >= 15 is 0 Å². The van der Waals surface area contributed by atoms with E-state index in [1.165, 1.54) is 43.5 Å². The molecular weight excluding hydrogens is 883 g/mol. The number of benzene rings is 2. The minimum Gasteiger partial charge on any atom is -0.497 e. The lowest BCUT2D eigenvalue weighted by atomic mass is 9.94. The highest BCUT2D eigenvalue weighted by molar-refractivity contribution is 6.67. The first kappa shape index (κ1) is 48.3. The fraction of sp³-hybridized carbons (Fsp3) is 0.486. The molecule has 0 saturated carbocycles. The first-order valence-electron chi connectivity index (χ1n) is 17.9. The van der Waals surface area contributed by atoms with Crippen molar-refractivity contribution in [2.24, 2.45) is 5.73 Å². The number of rotatable bonds is 15. The van der Waals surface area contributed by atoms with Gasteiger partial charge in [-0.25, -0.2) is 9.59 Å². The van der Waals surface area contributed by atoms with Gasteiger partial charge in [0.2, 0.25) is 10.1 Å². The van der Waals surface area contributed by atoms with Gasteiger partial charge in [0.05, 0.1) is 7.11 Å². The molecule has 2 heterocycles. The lowest BCUT2D eigenvalue weighted by Gasteiger charge is -2.48. The highest BCUT2D eigenvalue weighted by Gasteiger charge is 2.58. The van der Waals surface area contributed by atoms with Crippen molar-refractivity contribution in [3.63, 3.8) is 0 Å². The number of carbonyl (C=O) groups excluding carboxylic acids is 7. The molecule has 0 aliphatic carbocycles. The van der Waals surface area contributed by atoms with Crippen LogP contribution in [0.5, 0.6) is 17.2 Å². The molecule has 2 saturated heterocycles. The minimum atomic E-state index is -2.10. The standard InChI is InChI=1S/C37H41Cl3N2O19/c1-17(43)51-15-24-26(53-18(2)44)27(54-19(3)45)25(42-35(48)52-16-37(38,39)40)33(58-24)60-31-29(61-36(49)57-22-9-7-6-8-10-22)28(55-20(4)46)30(32(41)47)59-34(31)56-23-13-11-21(50-5)12-14-23/h6-14,24-31,33-34H,15-16H2,1-5H3,(H2,41,47)(H,42,48)/t24?,25?,26-,27?,28-,29+,30?,31?,33+,34-/m1/s1. The smallest absolute Gasteiger partial charge is 0.497 e. The van der Waals surface area contributed by atoms with Crippen molar-refractivity contribution >= 4 is 76.8 Å². The van der Waals surface area contributed by atoms with Crippen LogP contribution in [0.4, 0.5) is 9.59 Å². The third-order valence-corrected chi connectivity index (χ3v) is 8.54. The largest absolute Gasteiger partial charge is 0.514 e. The number of ether oxygens (including phenoxy) is 12. The monoisotopic (exact) mass is 922 g/mol. The van der Waals surface area contributed by atoms with Crippen molar-refractivity contribution in [1.29, 1.82) is 0 Å². The van der Waals surface area contributed by atoms with E-state index in [0.29, 0.717) is 5.75 Å². The molecule has 2 fully saturated rings. The summed E-state index contributed by atoms with van der Waals surface area (Å²) in [5.41, 5.74) is 5.72. The summed E-state index contributed by atoms with van der Waals surface area (Å²) in [6, 6.07) is 11.6. The van der Waals surface area contributed by atoms with Crippen LogP contribution in [0.25, 0.3) is 0 Å². The van der Waals surface area contributed by atoms with Crippen molar-refractivity contribution in [2.45, 2.75) is 92.8 Å². The number of esters is 4. The maximum Gasteiger partial charge on any atom is 0.514 e. The molecule has 0 bridgehead atoms. The summed E-state index contributed by atoms with van der Waals surface area (Å²) in [5.74, 6) is -4.52. The van der Waals surface area contributed by atoms with Crippen molar-refractivity contribution in [3.8, 4) is 17.2 Å². The summed E-state index contributed by atoms with van der Waals surface area (Å²) in [4.78, 5) is 89.3. The van der Waals surface area contributed by atoms with Gasteiger partial charge in [-0.15, -0.1) is 0 Å². The molecule has 0 aromatic heterocycles. The van der Waals surface area contributed by atoms with Gasteiger partial charge in [-0.2, -0.15) is 0 Å². The Bertz CT molecular complexity index is 1870. The Kier molecular flexibility index (Phi) is 17.4. The normalized spacial score (nSPS) is 26.0. The van der Waals surface area contributed by atoms with Crippen LogP contribution in [0.3, 0.4) is 0 Å². The third kappa shape index (κ3) is 14.7. The number of amides is 2. The molecule has 0 spiro atoms. The number of alkyl carbamates (subject to hydrolysis) is 1. The Morgan fingerprint density at radius 1 is 0.672 bits per heavy atom. The van der Waals surface area contributed by atoms with E-state index in [2.05, 4.69) is 5.32 Å². The minimum absolute atomic E-state index is 0.000782. The predicted molar refractivity (Wildman–Crippen MR) is 204 cm³/mol. The molecule has 61 heavy (non-hydrogen) atoms. The molecule has 3 N–H and O–H groups in total. The van der Waals surface area contributed by atoms with E-state index in [4.69, 9.17) is 97.4 Å². The molecule has 10 atom stereocenters. The average Bonchev–Trinajstić information content (AvgIpc) is 3.17. The maximum absolute atomic E-state index is 13.5. The lowest BCUT2D eigenvalue weighted by Crippen LogP contribution is -2.70. The summed E-state index contributed by atoms with van der Waals surface area (Å²) < 4.78 is 65.6. The second kappa shape index (κ2) is 22.0. The average molecular weight is 924 g/mol. The van der Waals surface area contributed by atoms with Crippen LogP contribution in [-0.2, 0) is 66.6 Å². The summed E-state index contributed by atoms with van der Waals surface area (Å²) in [6.07, 6.45) is -19.3. The van der Waals surface area contributed by atoms with E-state index in [1.54, 1.807) is 18.2 Å². The van der Waals surface area contributed by atoms with Gasteiger partial charge in [-0.3, -0.25) is 24.0 Å². The Balaban J connectivity index is 1.91. The number of methoxy groups -OCH3 is 1. The number of hydrogen-bond acceptors (Lipinski definition) is 19. The van der Waals surface area contributed by atoms with Gasteiger partial charge in [-0.1, -0.05) is 53.0 Å². The van der Waals surface area contributed by atoms with Crippen molar-refractivity contribution in [3.05, 3.63) is 54.6 Å². The molecule has 2 amide bonds. The van der Waals surface area contributed by atoms with Gasteiger partial charge in [0, 0.05) is 27.7 Å². The fourth-order valence-corrected chi connectivity index (χ4v) is 6.06. The Morgan fingerprint density at radius 2 is 1.26 bits per heavy atom. The molecule has 334 valence electrons. The van der Waals surface area contributed by atoms with Gasteiger partial charge < -0.3 is 67.9 Å². The first-order chi connectivity index (χ1) is 28.7. The van der Waals surface area contributed by atoms with Crippen LogP contribution in [0.2, 0.25) is 0 Å². The zero-order chi connectivity index (χ0) is 45.0. The number of alkyl halides is 3. The van der Waals surface area contributed by atoms with Gasteiger partial charge in [0.1, 0.15) is 42.6 Å². The first-order valence-corrected chi connectivity index (χ1v) is 19.0. The van der Waals surface area contributed by atoms with Crippen LogP contribution < -0.4 is 25.3 Å². The SMILES string of the molecule is COc1ccc(O[C@@H]2OC(C(N)=O)[C@H](OC(C)=O)[C@H](OC(=O)Oc3ccccc3)C2O[C@@H]2OC(COC(C)=O)[C@@H](OC(C)=O)C(OC(C)=O)C2NC(=O)OCC(Cl)(Cl)Cl)cc1. The number of halogens is 3.